The summed E-state index contributed by atoms with van der Waals surface area (Å²) in [6.07, 6.45) is 8.89. The number of thioether (sulfide) groups is 1. The molecule has 2 heterocycles. The molecule has 8 nitrogen and oxygen atoms in total. The zero-order valence-electron chi connectivity index (χ0n) is 14.0. The van der Waals surface area contributed by atoms with Gasteiger partial charge in [-0.05, 0) is 24.6 Å². The summed E-state index contributed by atoms with van der Waals surface area (Å²) >= 11 is 1.28. The van der Waals surface area contributed by atoms with Gasteiger partial charge in [0.05, 0.1) is 11.6 Å². The Morgan fingerprint density at radius 3 is 2.88 bits per heavy atom. The number of nitroso groups, excluding NO2 is 1. The van der Waals surface area contributed by atoms with Crippen molar-refractivity contribution < 1.29 is 14.7 Å². The molecule has 2 atom stereocenters. The van der Waals surface area contributed by atoms with E-state index in [4.69, 9.17) is 10.8 Å². The van der Waals surface area contributed by atoms with Crippen LogP contribution in [0.25, 0.3) is 0 Å². The molecule has 2 unspecified atom stereocenters. The predicted octanol–water partition coefficient (Wildman–Crippen LogP) is 2.13. The van der Waals surface area contributed by atoms with Crippen molar-refractivity contribution in [2.24, 2.45) is 15.9 Å². The van der Waals surface area contributed by atoms with Gasteiger partial charge in [0.25, 0.3) is 0 Å². The number of allylic oxidation sites excluding steroid dienone is 3. The fourth-order valence-corrected chi connectivity index (χ4v) is 3.17. The topological polar surface area (TPSA) is 135 Å². The molecule has 0 aromatic carbocycles. The second kappa shape index (κ2) is 9.16. The van der Waals surface area contributed by atoms with Crippen LogP contribution in [0, 0.1) is 11.8 Å². The molecule has 0 bridgehead atoms. The number of pyridine rings is 1. The van der Waals surface area contributed by atoms with Crippen molar-refractivity contribution in [3.05, 3.63) is 52.6 Å². The first-order valence-corrected chi connectivity index (χ1v) is 8.76. The van der Waals surface area contributed by atoms with Crippen LogP contribution in [0.4, 0.5) is 0 Å². The van der Waals surface area contributed by atoms with Crippen LogP contribution in [0.5, 0.6) is 0 Å². The van der Waals surface area contributed by atoms with Gasteiger partial charge < -0.3 is 10.8 Å². The molecule has 1 amide bonds. The number of amides is 1. The predicted molar refractivity (Wildman–Crippen MR) is 99.6 cm³/mol. The van der Waals surface area contributed by atoms with Crippen molar-refractivity contribution in [3.8, 4) is 0 Å². The van der Waals surface area contributed by atoms with Crippen LogP contribution in [0.1, 0.15) is 22.3 Å². The first kappa shape index (κ1) is 19.7. The van der Waals surface area contributed by atoms with E-state index in [1.54, 1.807) is 31.3 Å². The Morgan fingerprint density at radius 1 is 1.42 bits per heavy atom. The lowest BCUT2D eigenvalue weighted by atomic mass is 10.1. The van der Waals surface area contributed by atoms with E-state index >= 15 is 0 Å². The van der Waals surface area contributed by atoms with Crippen molar-refractivity contribution in [2.45, 2.75) is 30.5 Å². The number of aliphatic imine (C=N–C) groups is 1. The first-order chi connectivity index (χ1) is 12.4. The fourth-order valence-electron chi connectivity index (χ4n) is 2.22. The standard InChI is InChI=1S/C17H18N4O4S/c1-10-6-13(15(22)21-25)16(19-8-10)26-9-12-5-3-2-4-11(20-12)7-14(18)17(23)24/h2-6,8,12,14H,7,9,18H2,1H3,(H,23,24). The number of carboxylic acid groups (broad SMARTS) is 1. The molecule has 26 heavy (non-hydrogen) atoms. The zero-order chi connectivity index (χ0) is 19.1. The minimum absolute atomic E-state index is 0.121. The van der Waals surface area contributed by atoms with Crippen LogP contribution >= 0.6 is 11.8 Å². The molecule has 1 aromatic heterocycles. The number of carbonyl (C=O) groups is 2. The summed E-state index contributed by atoms with van der Waals surface area (Å²) in [5, 5.41) is 11.8. The number of hydrogen-bond donors (Lipinski definition) is 2. The largest absolute Gasteiger partial charge is 0.480 e. The Hall–Kier alpha value is -2.65. The molecule has 0 saturated carbocycles. The monoisotopic (exact) mass is 374 g/mol. The highest BCUT2D eigenvalue weighted by molar-refractivity contribution is 7.99. The number of nitrogens with two attached hydrogens (primary N) is 1. The Labute approximate surface area is 154 Å². The van der Waals surface area contributed by atoms with Crippen molar-refractivity contribution in [1.82, 2.24) is 4.98 Å². The number of rotatable bonds is 7. The fraction of sp³-hybridized carbons (Fsp3) is 0.294. The molecule has 2 rings (SSSR count). The van der Waals surface area contributed by atoms with Crippen molar-refractivity contribution in [2.75, 3.05) is 5.75 Å². The molecule has 0 spiro atoms. The summed E-state index contributed by atoms with van der Waals surface area (Å²) in [5.74, 6) is -1.49. The number of hydrogen-bond acceptors (Lipinski definition) is 7. The average molecular weight is 374 g/mol. The van der Waals surface area contributed by atoms with Gasteiger partial charge in [0.2, 0.25) is 0 Å². The van der Waals surface area contributed by atoms with Crippen LogP contribution in [0.15, 0.2) is 51.8 Å². The Morgan fingerprint density at radius 2 is 2.19 bits per heavy atom. The van der Waals surface area contributed by atoms with Gasteiger partial charge in [-0.15, -0.1) is 16.7 Å². The Balaban J connectivity index is 2.12. The molecule has 0 fully saturated rings. The van der Waals surface area contributed by atoms with Gasteiger partial charge in [0.1, 0.15) is 11.1 Å². The minimum Gasteiger partial charge on any atom is -0.480 e. The highest BCUT2D eigenvalue weighted by Crippen LogP contribution is 2.24. The quantitative estimate of drug-likeness (QED) is 0.551. The Bertz CT molecular complexity index is 804. The second-order valence-corrected chi connectivity index (χ2v) is 6.66. The van der Waals surface area contributed by atoms with Crippen molar-refractivity contribution >= 4 is 29.4 Å². The number of aliphatic carboxylic acids is 1. The molecule has 0 aliphatic carbocycles. The third-order valence-corrected chi connectivity index (χ3v) is 4.61. The van der Waals surface area contributed by atoms with E-state index < -0.39 is 17.9 Å². The van der Waals surface area contributed by atoms with Crippen LogP contribution in [-0.4, -0.2) is 45.5 Å². The first-order valence-electron chi connectivity index (χ1n) is 7.77. The molecule has 0 saturated heterocycles. The molecule has 1 aromatic rings. The van der Waals surface area contributed by atoms with E-state index in [0.29, 0.717) is 16.5 Å². The van der Waals surface area contributed by atoms with Crippen LogP contribution in [0.2, 0.25) is 0 Å². The molecular formula is C17H18N4O4S. The third-order valence-electron chi connectivity index (χ3n) is 3.50. The summed E-state index contributed by atoms with van der Waals surface area (Å²) in [7, 11) is 0. The second-order valence-electron chi connectivity index (χ2n) is 5.65. The zero-order valence-corrected chi connectivity index (χ0v) is 14.8. The van der Waals surface area contributed by atoms with E-state index in [2.05, 4.69) is 15.2 Å². The maximum atomic E-state index is 11.7. The smallest absolute Gasteiger partial charge is 0.320 e. The molecule has 3 N–H and O–H groups in total. The summed E-state index contributed by atoms with van der Waals surface area (Å²) in [5.41, 5.74) is 7.06. The van der Waals surface area contributed by atoms with E-state index in [0.717, 1.165) is 5.56 Å². The third kappa shape index (κ3) is 5.43. The summed E-state index contributed by atoms with van der Waals surface area (Å²) in [6, 6.07) is 0.303. The molecular weight excluding hydrogens is 356 g/mol. The van der Waals surface area contributed by atoms with Crippen LogP contribution in [-0.2, 0) is 4.79 Å². The number of carbonyl (C=O) groups excluding carboxylic acids is 1. The average Bonchev–Trinajstić information content (AvgIpc) is 2.84. The SMILES string of the molecule is Cc1cnc(SCC2C=CC=CC(CC(N)C(=O)O)=N2)c(C(=O)N=O)c1. The Kier molecular flexibility index (Phi) is 6.93. The van der Waals surface area contributed by atoms with Gasteiger partial charge in [-0.3, -0.25) is 14.6 Å². The van der Waals surface area contributed by atoms with Gasteiger partial charge in [-0.25, -0.2) is 4.98 Å². The lowest BCUT2D eigenvalue weighted by Gasteiger charge is -2.11. The highest BCUT2D eigenvalue weighted by atomic mass is 32.2. The maximum Gasteiger partial charge on any atom is 0.320 e. The van der Waals surface area contributed by atoms with Gasteiger partial charge in [-0.1, -0.05) is 18.2 Å². The number of nitrogens with zero attached hydrogens (tertiary/aromatic N) is 3. The highest BCUT2D eigenvalue weighted by Gasteiger charge is 2.18. The van der Waals surface area contributed by atoms with E-state index in [-0.39, 0.29) is 18.0 Å². The van der Waals surface area contributed by atoms with Gasteiger partial charge in [0, 0.05) is 29.3 Å². The molecule has 1 aliphatic rings. The molecule has 9 heteroatoms. The van der Waals surface area contributed by atoms with E-state index in [9.17, 15) is 14.5 Å². The van der Waals surface area contributed by atoms with Crippen LogP contribution < -0.4 is 5.73 Å². The van der Waals surface area contributed by atoms with Crippen molar-refractivity contribution in [3.63, 3.8) is 0 Å². The number of aryl methyl sites for hydroxylation is 1. The molecule has 0 radical (unpaired) electrons. The van der Waals surface area contributed by atoms with Gasteiger partial charge in [-0.2, -0.15) is 0 Å². The van der Waals surface area contributed by atoms with Gasteiger partial charge >= 0.3 is 11.9 Å². The summed E-state index contributed by atoms with van der Waals surface area (Å²) in [6.45, 7) is 1.77. The maximum absolute atomic E-state index is 11.7. The van der Waals surface area contributed by atoms with E-state index in [1.165, 1.54) is 11.8 Å². The van der Waals surface area contributed by atoms with Gasteiger partial charge in [0.15, 0.2) is 0 Å². The number of carboxylic acids is 1. The minimum atomic E-state index is -1.09. The summed E-state index contributed by atoms with van der Waals surface area (Å²) < 4.78 is 0. The summed E-state index contributed by atoms with van der Waals surface area (Å²) in [4.78, 5) is 41.9. The molecule has 136 valence electrons. The lowest BCUT2D eigenvalue weighted by Crippen LogP contribution is -2.32. The van der Waals surface area contributed by atoms with E-state index in [1.807, 2.05) is 12.2 Å². The normalized spacial score (nSPS) is 17.3. The molecule has 1 aliphatic heterocycles. The lowest BCUT2D eigenvalue weighted by molar-refractivity contribution is -0.138. The van der Waals surface area contributed by atoms with Crippen LogP contribution in [0.3, 0.4) is 0 Å². The number of aromatic nitrogens is 1. The van der Waals surface area contributed by atoms with Crippen molar-refractivity contribution in [1.29, 1.82) is 0 Å².